The molecule has 3 aromatic rings. The number of carbonyl (C=O) groups excluding carboxylic acids is 1. The number of imidazole rings is 1. The summed E-state index contributed by atoms with van der Waals surface area (Å²) in [6.07, 6.45) is 4.54. The zero-order valence-electron chi connectivity index (χ0n) is 14.2. The minimum absolute atomic E-state index is 0.0721. The Morgan fingerprint density at radius 3 is 2.81 bits per heavy atom. The number of amides is 1. The van der Waals surface area contributed by atoms with Gasteiger partial charge in [-0.3, -0.25) is 4.79 Å². The number of hydrogen-bond acceptors (Lipinski definition) is 6. The van der Waals surface area contributed by atoms with Crippen LogP contribution in [-0.2, 0) is 26.3 Å². The molecule has 0 aliphatic carbocycles. The lowest BCUT2D eigenvalue weighted by molar-refractivity contribution is -0.117. The molecule has 0 saturated carbocycles. The van der Waals surface area contributed by atoms with Crippen LogP contribution in [0, 0.1) is 0 Å². The highest BCUT2D eigenvalue weighted by molar-refractivity contribution is 7.93. The summed E-state index contributed by atoms with van der Waals surface area (Å²) in [6, 6.07) is 3.11. The third-order valence-corrected chi connectivity index (χ3v) is 5.42. The van der Waals surface area contributed by atoms with Gasteiger partial charge in [0.05, 0.1) is 21.8 Å². The molecule has 0 aliphatic rings. The maximum atomic E-state index is 13.0. The molecule has 3 aromatic heterocycles. The van der Waals surface area contributed by atoms with Gasteiger partial charge >= 0.3 is 11.3 Å². The summed E-state index contributed by atoms with van der Waals surface area (Å²) < 4.78 is 47.7. The predicted molar refractivity (Wildman–Crippen MR) is 94.0 cm³/mol. The standard InChI is InChI=1S/C15H14ClF2N5O3S/c1-3-27(2,25)22-12(24)7-10-8-23-5-4-9(6-11(23)19-10)13-20-14(26-21-13)15(16,17)18/h4-6,8H,3,7H2,1-2H3. The van der Waals surface area contributed by atoms with Crippen LogP contribution in [0.3, 0.4) is 0 Å². The Labute approximate surface area is 157 Å². The Kier molecular flexibility index (Phi) is 5.00. The fraction of sp³-hybridized carbons (Fsp3) is 0.333. The monoisotopic (exact) mass is 417 g/mol. The van der Waals surface area contributed by atoms with E-state index in [1.165, 1.54) is 6.26 Å². The SMILES string of the molecule is CCS(C)(=O)=NC(=O)Cc1cn2ccc(-c3noc(C(F)(F)Cl)n3)cc2n1. The van der Waals surface area contributed by atoms with Gasteiger partial charge in [-0.2, -0.15) is 18.1 Å². The molecule has 0 radical (unpaired) electrons. The first-order valence-electron chi connectivity index (χ1n) is 7.69. The Hall–Kier alpha value is -2.40. The highest BCUT2D eigenvalue weighted by atomic mass is 35.5. The first-order valence-corrected chi connectivity index (χ1v) is 10.2. The summed E-state index contributed by atoms with van der Waals surface area (Å²) in [4.78, 5) is 19.8. The van der Waals surface area contributed by atoms with E-state index in [0.29, 0.717) is 16.9 Å². The Bertz CT molecular complexity index is 1130. The molecule has 0 N–H and O–H groups in total. The van der Waals surface area contributed by atoms with Crippen molar-refractivity contribution in [2.45, 2.75) is 18.7 Å². The summed E-state index contributed by atoms with van der Waals surface area (Å²) in [6.45, 7) is 1.69. The van der Waals surface area contributed by atoms with E-state index >= 15 is 0 Å². The number of fused-ring (bicyclic) bond motifs is 1. The van der Waals surface area contributed by atoms with Crippen LogP contribution in [0.5, 0.6) is 0 Å². The van der Waals surface area contributed by atoms with Gasteiger partial charge in [0, 0.05) is 30.0 Å². The molecule has 3 rings (SSSR count). The van der Waals surface area contributed by atoms with Crippen molar-refractivity contribution in [3.63, 3.8) is 0 Å². The fourth-order valence-corrected chi connectivity index (χ4v) is 2.88. The third kappa shape index (κ3) is 4.48. The molecule has 1 amide bonds. The maximum absolute atomic E-state index is 13.0. The zero-order valence-corrected chi connectivity index (χ0v) is 15.8. The van der Waals surface area contributed by atoms with E-state index in [1.807, 2.05) is 0 Å². The fourth-order valence-electron chi connectivity index (χ4n) is 2.18. The van der Waals surface area contributed by atoms with Crippen molar-refractivity contribution in [2.24, 2.45) is 4.36 Å². The van der Waals surface area contributed by atoms with Gasteiger partial charge in [0.1, 0.15) is 5.65 Å². The molecule has 0 aromatic carbocycles. The molecule has 27 heavy (non-hydrogen) atoms. The van der Waals surface area contributed by atoms with Gasteiger partial charge in [-0.25, -0.2) is 9.19 Å². The van der Waals surface area contributed by atoms with Crippen LogP contribution < -0.4 is 0 Å². The number of carbonyl (C=O) groups is 1. The lowest BCUT2D eigenvalue weighted by Crippen LogP contribution is -2.07. The van der Waals surface area contributed by atoms with Crippen molar-refractivity contribution >= 4 is 32.9 Å². The smallest absolute Gasteiger partial charge is 0.331 e. The number of aromatic nitrogens is 4. The molecule has 0 saturated heterocycles. The van der Waals surface area contributed by atoms with Gasteiger partial charge in [0.15, 0.2) is 0 Å². The number of pyridine rings is 1. The van der Waals surface area contributed by atoms with E-state index in [1.54, 1.807) is 35.9 Å². The second-order valence-electron chi connectivity index (χ2n) is 5.74. The lowest BCUT2D eigenvalue weighted by atomic mass is 10.2. The molecule has 144 valence electrons. The highest BCUT2D eigenvalue weighted by Crippen LogP contribution is 2.32. The normalized spacial score (nSPS) is 14.3. The van der Waals surface area contributed by atoms with E-state index in [9.17, 15) is 17.8 Å². The average Bonchev–Trinajstić information content (AvgIpc) is 3.19. The van der Waals surface area contributed by atoms with Crippen LogP contribution in [0.4, 0.5) is 8.78 Å². The molecule has 0 spiro atoms. The van der Waals surface area contributed by atoms with Gasteiger partial charge in [-0.15, -0.1) is 0 Å². The van der Waals surface area contributed by atoms with Gasteiger partial charge in [0.25, 0.3) is 5.91 Å². The Balaban J connectivity index is 1.87. The second kappa shape index (κ2) is 6.97. The van der Waals surface area contributed by atoms with Crippen LogP contribution in [0.25, 0.3) is 17.0 Å². The van der Waals surface area contributed by atoms with Crippen LogP contribution in [0.1, 0.15) is 18.5 Å². The van der Waals surface area contributed by atoms with Crippen molar-refractivity contribution in [3.05, 3.63) is 36.1 Å². The summed E-state index contributed by atoms with van der Waals surface area (Å²) in [5, 5.41) is -0.278. The minimum atomic E-state index is -3.75. The summed E-state index contributed by atoms with van der Waals surface area (Å²) in [5.41, 5.74) is 1.24. The van der Waals surface area contributed by atoms with Gasteiger partial charge in [-0.1, -0.05) is 12.1 Å². The van der Waals surface area contributed by atoms with Crippen LogP contribution in [0.15, 0.2) is 33.4 Å². The summed E-state index contributed by atoms with van der Waals surface area (Å²) in [7, 11) is -2.53. The molecular weight excluding hydrogens is 404 g/mol. The van der Waals surface area contributed by atoms with E-state index in [-0.39, 0.29) is 18.0 Å². The second-order valence-corrected chi connectivity index (χ2v) is 8.90. The van der Waals surface area contributed by atoms with Crippen molar-refractivity contribution in [1.29, 1.82) is 0 Å². The Morgan fingerprint density at radius 1 is 1.44 bits per heavy atom. The van der Waals surface area contributed by atoms with Crippen molar-refractivity contribution in [2.75, 3.05) is 12.0 Å². The first kappa shape index (κ1) is 19.4. The molecule has 3 heterocycles. The number of nitrogens with zero attached hydrogens (tertiary/aromatic N) is 5. The van der Waals surface area contributed by atoms with Crippen molar-refractivity contribution in [1.82, 2.24) is 19.5 Å². The van der Waals surface area contributed by atoms with E-state index in [0.717, 1.165) is 0 Å². The number of halogens is 3. The average molecular weight is 418 g/mol. The first-order chi connectivity index (χ1) is 12.6. The Morgan fingerprint density at radius 2 is 2.19 bits per heavy atom. The van der Waals surface area contributed by atoms with Crippen LogP contribution in [-0.4, -0.2) is 41.7 Å². The number of hydrogen-bond donors (Lipinski definition) is 0. The molecule has 8 nitrogen and oxygen atoms in total. The van der Waals surface area contributed by atoms with Crippen LogP contribution in [0.2, 0.25) is 0 Å². The molecule has 0 bridgehead atoms. The molecule has 0 aliphatic heterocycles. The van der Waals surface area contributed by atoms with E-state index in [4.69, 9.17) is 11.6 Å². The quantitative estimate of drug-likeness (QED) is 0.591. The largest absolute Gasteiger partial charge is 0.400 e. The predicted octanol–water partition coefficient (Wildman–Crippen LogP) is 2.86. The van der Waals surface area contributed by atoms with Crippen molar-refractivity contribution in [3.8, 4) is 11.4 Å². The highest BCUT2D eigenvalue weighted by Gasteiger charge is 2.35. The van der Waals surface area contributed by atoms with E-state index < -0.39 is 26.9 Å². The minimum Gasteiger partial charge on any atom is -0.331 e. The van der Waals surface area contributed by atoms with Gasteiger partial charge in [-0.05, 0) is 23.7 Å². The number of alkyl halides is 3. The molecule has 1 unspecified atom stereocenters. The maximum Gasteiger partial charge on any atom is 0.400 e. The third-order valence-electron chi connectivity index (χ3n) is 3.60. The lowest BCUT2D eigenvalue weighted by Gasteiger charge is -1.98. The molecule has 0 fully saturated rings. The van der Waals surface area contributed by atoms with Gasteiger partial charge in [0.2, 0.25) is 5.82 Å². The van der Waals surface area contributed by atoms with Crippen molar-refractivity contribution < 1.29 is 22.3 Å². The summed E-state index contributed by atoms with van der Waals surface area (Å²) in [5.74, 6) is -1.33. The molecule has 12 heteroatoms. The topological polar surface area (TPSA) is 103 Å². The number of rotatable bonds is 5. The molecular formula is C15H14ClF2N5O3S. The van der Waals surface area contributed by atoms with E-state index in [2.05, 4.69) is 24.0 Å². The van der Waals surface area contributed by atoms with Gasteiger partial charge < -0.3 is 8.92 Å². The molecule has 1 atom stereocenters. The summed E-state index contributed by atoms with van der Waals surface area (Å²) >= 11 is 4.85. The van der Waals surface area contributed by atoms with Crippen LogP contribution >= 0.6 is 11.6 Å². The zero-order chi connectivity index (χ0) is 19.8.